The molecule has 18 heavy (non-hydrogen) atoms. The maximum Gasteiger partial charge on any atom is 0.240 e. The van der Waals surface area contributed by atoms with Gasteiger partial charge in [-0.15, -0.1) is 0 Å². The van der Waals surface area contributed by atoms with Gasteiger partial charge in [0.05, 0.1) is 5.60 Å². The molecule has 0 saturated carbocycles. The summed E-state index contributed by atoms with van der Waals surface area (Å²) in [7, 11) is -3.49. The Bertz CT molecular complexity index is 396. The molecule has 0 radical (unpaired) electrons. The third kappa shape index (κ3) is 4.94. The Morgan fingerprint density at radius 1 is 1.28 bits per heavy atom. The van der Waals surface area contributed by atoms with Crippen LogP contribution in [-0.4, -0.2) is 42.6 Å². The average Bonchev–Trinajstić information content (AvgIpc) is 2.10. The highest BCUT2D eigenvalue weighted by molar-refractivity contribution is 7.92. The third-order valence-electron chi connectivity index (χ3n) is 2.95. The molecule has 0 spiro atoms. The van der Waals surface area contributed by atoms with Crippen LogP contribution in [0, 0.1) is 5.92 Å². The highest BCUT2D eigenvalue weighted by Gasteiger charge is 2.39. The number of rotatable bonds is 6. The predicted octanol–water partition coefficient (Wildman–Crippen LogP) is 0.723. The Kier molecular flexibility index (Phi) is 5.38. The number of nitrogens with one attached hydrogen (secondary N) is 1. The van der Waals surface area contributed by atoms with Gasteiger partial charge in [-0.3, -0.25) is 4.79 Å². The predicted molar refractivity (Wildman–Crippen MR) is 72.0 cm³/mol. The zero-order chi connectivity index (χ0) is 14.8. The fourth-order valence-electron chi connectivity index (χ4n) is 1.60. The van der Waals surface area contributed by atoms with Gasteiger partial charge in [0.25, 0.3) is 0 Å². The van der Waals surface area contributed by atoms with Crippen molar-refractivity contribution in [2.45, 2.75) is 51.4 Å². The molecule has 0 aromatic carbocycles. The van der Waals surface area contributed by atoms with Crippen LogP contribution in [0.3, 0.4) is 0 Å². The van der Waals surface area contributed by atoms with Crippen LogP contribution < -0.4 is 5.32 Å². The van der Waals surface area contributed by atoms with E-state index in [1.807, 2.05) is 13.8 Å². The summed E-state index contributed by atoms with van der Waals surface area (Å²) < 4.78 is 21.5. The van der Waals surface area contributed by atoms with Gasteiger partial charge in [-0.25, -0.2) is 8.42 Å². The summed E-state index contributed by atoms with van der Waals surface area (Å²) in [4.78, 5) is 11.8. The lowest BCUT2D eigenvalue weighted by Gasteiger charge is -2.28. The van der Waals surface area contributed by atoms with Crippen molar-refractivity contribution in [1.82, 2.24) is 5.32 Å². The molecule has 0 aromatic rings. The number of carbonyl (C=O) groups is 1. The topological polar surface area (TPSA) is 83.5 Å². The van der Waals surface area contributed by atoms with Crippen LogP contribution in [0.15, 0.2) is 0 Å². The summed E-state index contributed by atoms with van der Waals surface area (Å²) in [5.41, 5.74) is -1.03. The molecule has 0 rings (SSSR count). The Hall–Kier alpha value is -0.620. The molecule has 0 aliphatic rings. The summed E-state index contributed by atoms with van der Waals surface area (Å²) >= 11 is 0. The van der Waals surface area contributed by atoms with Crippen molar-refractivity contribution in [3.05, 3.63) is 0 Å². The van der Waals surface area contributed by atoms with Gasteiger partial charge in [0.1, 0.15) is 4.75 Å². The third-order valence-corrected chi connectivity index (χ3v) is 4.99. The standard InChI is InChI=1S/C12H25NO4S/c1-9(2)7-12(5,15)8-13-10(14)11(3,4)18(6,16)17/h9,15H,7-8H2,1-6H3,(H,13,14). The van der Waals surface area contributed by atoms with Gasteiger partial charge in [-0.2, -0.15) is 0 Å². The normalized spacial score (nSPS) is 16.4. The smallest absolute Gasteiger partial charge is 0.240 e. The zero-order valence-corrected chi connectivity index (χ0v) is 12.9. The van der Waals surface area contributed by atoms with E-state index in [-0.39, 0.29) is 6.54 Å². The van der Waals surface area contributed by atoms with Crippen LogP contribution in [-0.2, 0) is 14.6 Å². The molecule has 5 nitrogen and oxygen atoms in total. The second kappa shape index (κ2) is 5.57. The van der Waals surface area contributed by atoms with E-state index >= 15 is 0 Å². The maximum absolute atomic E-state index is 11.8. The summed E-state index contributed by atoms with van der Waals surface area (Å²) in [5, 5.41) is 12.5. The van der Waals surface area contributed by atoms with Crippen molar-refractivity contribution in [3.63, 3.8) is 0 Å². The molecule has 1 atom stereocenters. The molecule has 108 valence electrons. The van der Waals surface area contributed by atoms with Gasteiger partial charge in [-0.05, 0) is 33.1 Å². The summed E-state index contributed by atoms with van der Waals surface area (Å²) in [6.07, 6.45) is 1.56. The molecule has 0 heterocycles. The molecule has 1 unspecified atom stereocenters. The van der Waals surface area contributed by atoms with E-state index in [0.717, 1.165) is 6.26 Å². The molecule has 0 fully saturated rings. The van der Waals surface area contributed by atoms with Crippen molar-refractivity contribution in [2.24, 2.45) is 5.92 Å². The quantitative estimate of drug-likeness (QED) is 0.750. The van der Waals surface area contributed by atoms with E-state index in [1.54, 1.807) is 6.92 Å². The van der Waals surface area contributed by atoms with Crippen molar-refractivity contribution in [3.8, 4) is 0 Å². The summed E-state index contributed by atoms with van der Waals surface area (Å²) in [6.45, 7) is 8.32. The van der Waals surface area contributed by atoms with Crippen LogP contribution in [0.25, 0.3) is 0 Å². The number of carbonyl (C=O) groups excluding carboxylic acids is 1. The fourth-order valence-corrected chi connectivity index (χ4v) is 2.01. The molecule has 0 saturated heterocycles. The molecule has 0 aromatic heterocycles. The van der Waals surface area contributed by atoms with E-state index in [2.05, 4.69) is 5.32 Å². The van der Waals surface area contributed by atoms with Gasteiger partial charge in [0, 0.05) is 12.8 Å². The van der Waals surface area contributed by atoms with E-state index in [0.29, 0.717) is 12.3 Å². The van der Waals surface area contributed by atoms with Crippen LogP contribution in [0.5, 0.6) is 0 Å². The molecular formula is C12H25NO4S. The number of hydrogen-bond donors (Lipinski definition) is 2. The Labute approximate surface area is 110 Å². The fraction of sp³-hybridized carbons (Fsp3) is 0.917. The lowest BCUT2D eigenvalue weighted by molar-refractivity contribution is -0.124. The van der Waals surface area contributed by atoms with E-state index in [1.165, 1.54) is 13.8 Å². The first kappa shape index (κ1) is 17.4. The van der Waals surface area contributed by atoms with Crippen LogP contribution >= 0.6 is 0 Å². The van der Waals surface area contributed by atoms with Crippen molar-refractivity contribution in [1.29, 1.82) is 0 Å². The van der Waals surface area contributed by atoms with Crippen molar-refractivity contribution < 1.29 is 18.3 Å². The molecule has 6 heteroatoms. The van der Waals surface area contributed by atoms with Gasteiger partial charge in [-0.1, -0.05) is 13.8 Å². The first-order chi connectivity index (χ1) is 7.79. The Morgan fingerprint density at radius 3 is 2.06 bits per heavy atom. The maximum atomic E-state index is 11.8. The van der Waals surface area contributed by atoms with Gasteiger partial charge in [0.15, 0.2) is 9.84 Å². The minimum atomic E-state index is -3.49. The minimum Gasteiger partial charge on any atom is -0.388 e. The van der Waals surface area contributed by atoms with Crippen LogP contribution in [0.4, 0.5) is 0 Å². The first-order valence-corrected chi connectivity index (χ1v) is 7.89. The summed E-state index contributed by atoms with van der Waals surface area (Å²) in [6, 6.07) is 0. The Morgan fingerprint density at radius 2 is 1.72 bits per heavy atom. The number of hydrogen-bond acceptors (Lipinski definition) is 4. The van der Waals surface area contributed by atoms with Crippen LogP contribution in [0.2, 0.25) is 0 Å². The lowest BCUT2D eigenvalue weighted by Crippen LogP contribution is -2.51. The molecule has 0 aliphatic carbocycles. The van der Waals surface area contributed by atoms with E-state index < -0.39 is 26.1 Å². The van der Waals surface area contributed by atoms with Gasteiger partial charge >= 0.3 is 0 Å². The van der Waals surface area contributed by atoms with Gasteiger partial charge in [0.2, 0.25) is 5.91 Å². The Balaban J connectivity index is 4.62. The van der Waals surface area contributed by atoms with Gasteiger partial charge < -0.3 is 10.4 Å². The molecule has 1 amide bonds. The largest absolute Gasteiger partial charge is 0.388 e. The second-order valence-corrected chi connectivity index (χ2v) is 8.63. The zero-order valence-electron chi connectivity index (χ0n) is 12.1. The molecular weight excluding hydrogens is 254 g/mol. The monoisotopic (exact) mass is 279 g/mol. The highest BCUT2D eigenvalue weighted by atomic mass is 32.2. The van der Waals surface area contributed by atoms with E-state index in [4.69, 9.17) is 0 Å². The van der Waals surface area contributed by atoms with Crippen LogP contribution in [0.1, 0.15) is 41.0 Å². The van der Waals surface area contributed by atoms with Crippen molar-refractivity contribution in [2.75, 3.05) is 12.8 Å². The minimum absolute atomic E-state index is 0.0446. The highest BCUT2D eigenvalue weighted by Crippen LogP contribution is 2.18. The molecule has 0 aliphatic heterocycles. The van der Waals surface area contributed by atoms with Crippen molar-refractivity contribution >= 4 is 15.7 Å². The average molecular weight is 279 g/mol. The SMILES string of the molecule is CC(C)CC(C)(O)CNC(=O)C(C)(C)S(C)(=O)=O. The molecule has 0 bridgehead atoms. The number of amides is 1. The first-order valence-electron chi connectivity index (χ1n) is 6.00. The molecule has 2 N–H and O–H groups in total. The number of sulfone groups is 1. The van der Waals surface area contributed by atoms with E-state index in [9.17, 15) is 18.3 Å². The second-order valence-electron chi connectivity index (χ2n) is 6.06. The number of aliphatic hydroxyl groups is 1. The lowest BCUT2D eigenvalue weighted by atomic mass is 9.94. The summed E-state index contributed by atoms with van der Waals surface area (Å²) in [5.74, 6) is -0.297.